The lowest BCUT2D eigenvalue weighted by Gasteiger charge is -2.15. The molecule has 0 aliphatic rings. The third-order valence-electron chi connectivity index (χ3n) is 3.81. The van der Waals surface area contributed by atoms with Crippen LogP contribution in [0.1, 0.15) is 11.1 Å². The van der Waals surface area contributed by atoms with Gasteiger partial charge in [0.1, 0.15) is 5.82 Å². The number of amides is 1. The molecule has 0 aromatic heterocycles. The van der Waals surface area contributed by atoms with Crippen LogP contribution in [-0.4, -0.2) is 33.8 Å². The van der Waals surface area contributed by atoms with Gasteiger partial charge in [0.25, 0.3) is 0 Å². The van der Waals surface area contributed by atoms with Gasteiger partial charge < -0.3 is 19.5 Å². The first-order valence-corrected chi connectivity index (χ1v) is 7.88. The van der Waals surface area contributed by atoms with Gasteiger partial charge in [-0.3, -0.25) is 4.79 Å². The highest BCUT2D eigenvalue weighted by Crippen LogP contribution is 2.39. The van der Waals surface area contributed by atoms with Gasteiger partial charge in [0.05, 0.1) is 27.8 Å². The first-order chi connectivity index (χ1) is 12.1. The Morgan fingerprint density at radius 3 is 2.32 bits per heavy atom. The fourth-order valence-electron chi connectivity index (χ4n) is 2.58. The molecule has 0 saturated carbocycles. The number of benzene rings is 2. The fourth-order valence-corrected chi connectivity index (χ4v) is 2.58. The van der Waals surface area contributed by atoms with Crippen molar-refractivity contribution in [2.45, 2.75) is 12.8 Å². The van der Waals surface area contributed by atoms with E-state index in [1.165, 1.54) is 27.4 Å². The summed E-state index contributed by atoms with van der Waals surface area (Å²) < 4.78 is 29.5. The Labute approximate surface area is 146 Å². The minimum Gasteiger partial charge on any atom is -0.493 e. The fraction of sp³-hybridized carbons (Fsp3) is 0.316. The summed E-state index contributed by atoms with van der Waals surface area (Å²) in [5, 5.41) is 2.79. The average molecular weight is 347 g/mol. The van der Waals surface area contributed by atoms with Crippen LogP contribution in [0.25, 0.3) is 0 Å². The molecular weight excluding hydrogens is 325 g/mol. The van der Waals surface area contributed by atoms with E-state index < -0.39 is 0 Å². The van der Waals surface area contributed by atoms with Gasteiger partial charge in [-0.1, -0.05) is 24.3 Å². The molecule has 0 aliphatic carbocycles. The second-order valence-electron chi connectivity index (χ2n) is 5.36. The lowest BCUT2D eigenvalue weighted by Crippen LogP contribution is -2.27. The van der Waals surface area contributed by atoms with Crippen LogP contribution in [0.15, 0.2) is 36.4 Å². The second kappa shape index (κ2) is 8.92. The number of hydrogen-bond acceptors (Lipinski definition) is 4. The number of halogens is 1. The lowest BCUT2D eigenvalue weighted by atomic mass is 10.1. The predicted octanol–water partition coefficient (Wildman–Crippen LogP) is 2.75. The van der Waals surface area contributed by atoms with Crippen molar-refractivity contribution in [2.24, 2.45) is 0 Å². The van der Waals surface area contributed by atoms with Gasteiger partial charge in [0.15, 0.2) is 11.5 Å². The van der Waals surface area contributed by atoms with Crippen LogP contribution in [0.4, 0.5) is 4.39 Å². The maximum Gasteiger partial charge on any atom is 0.224 e. The summed E-state index contributed by atoms with van der Waals surface area (Å²) >= 11 is 0. The molecule has 2 aromatic carbocycles. The van der Waals surface area contributed by atoms with Crippen molar-refractivity contribution >= 4 is 5.91 Å². The number of nitrogens with one attached hydrogen (secondary N) is 1. The van der Waals surface area contributed by atoms with E-state index in [-0.39, 0.29) is 18.1 Å². The smallest absolute Gasteiger partial charge is 0.224 e. The zero-order valence-electron chi connectivity index (χ0n) is 14.6. The van der Waals surface area contributed by atoms with E-state index in [0.29, 0.717) is 41.3 Å². The molecule has 0 unspecified atom stereocenters. The number of methoxy groups -OCH3 is 3. The molecule has 0 spiro atoms. The Balaban J connectivity index is 1.99. The average Bonchev–Trinajstić information content (AvgIpc) is 2.62. The van der Waals surface area contributed by atoms with E-state index in [2.05, 4.69) is 5.32 Å². The Bertz CT molecular complexity index is 733. The molecule has 1 N–H and O–H groups in total. The largest absolute Gasteiger partial charge is 0.493 e. The Kier molecular flexibility index (Phi) is 6.62. The molecule has 2 aromatic rings. The number of carbonyl (C=O) groups excluding carboxylic acids is 1. The summed E-state index contributed by atoms with van der Waals surface area (Å²) in [5.74, 6) is 0.996. The summed E-state index contributed by atoms with van der Waals surface area (Å²) in [6.07, 6.45) is 0.558. The maximum atomic E-state index is 13.6. The highest BCUT2D eigenvalue weighted by Gasteiger charge is 2.17. The second-order valence-corrected chi connectivity index (χ2v) is 5.36. The van der Waals surface area contributed by atoms with Crippen LogP contribution in [-0.2, 0) is 17.6 Å². The zero-order chi connectivity index (χ0) is 18.2. The number of carbonyl (C=O) groups is 1. The minimum absolute atomic E-state index is 0.126. The standard InChI is InChI=1S/C19H22FNO4/c1-23-16-9-8-14(18(24-2)19(16)25-3)12-17(22)21-11-10-13-6-4-5-7-15(13)20/h4-9H,10-12H2,1-3H3,(H,21,22). The molecule has 5 nitrogen and oxygen atoms in total. The van der Waals surface area contributed by atoms with Gasteiger partial charge in [-0.25, -0.2) is 4.39 Å². The summed E-state index contributed by atoms with van der Waals surface area (Å²) in [6.45, 7) is 0.357. The third kappa shape index (κ3) is 4.62. The highest BCUT2D eigenvalue weighted by molar-refractivity contribution is 5.80. The summed E-state index contributed by atoms with van der Waals surface area (Å²) in [6, 6.07) is 10.0. The van der Waals surface area contributed by atoms with Crippen LogP contribution in [0, 0.1) is 5.82 Å². The molecule has 0 radical (unpaired) electrons. The van der Waals surface area contributed by atoms with Crippen molar-refractivity contribution in [1.29, 1.82) is 0 Å². The van der Waals surface area contributed by atoms with Gasteiger partial charge in [-0.2, -0.15) is 0 Å². The van der Waals surface area contributed by atoms with Crippen molar-refractivity contribution < 1.29 is 23.4 Å². The van der Waals surface area contributed by atoms with Gasteiger partial charge in [0, 0.05) is 12.1 Å². The molecule has 0 bridgehead atoms. The summed E-state index contributed by atoms with van der Waals surface area (Å²) in [5.41, 5.74) is 1.26. The molecule has 25 heavy (non-hydrogen) atoms. The first-order valence-electron chi connectivity index (χ1n) is 7.88. The quantitative estimate of drug-likeness (QED) is 0.798. The molecule has 0 fully saturated rings. The molecule has 134 valence electrons. The number of rotatable bonds is 8. The molecule has 2 rings (SSSR count). The Hall–Kier alpha value is -2.76. The van der Waals surface area contributed by atoms with Crippen molar-refractivity contribution in [1.82, 2.24) is 5.32 Å². The first kappa shape index (κ1) is 18.6. The number of hydrogen-bond donors (Lipinski definition) is 1. The van der Waals surface area contributed by atoms with Crippen LogP contribution >= 0.6 is 0 Å². The topological polar surface area (TPSA) is 56.8 Å². The van der Waals surface area contributed by atoms with Crippen LogP contribution in [0.5, 0.6) is 17.2 Å². The van der Waals surface area contributed by atoms with Crippen molar-refractivity contribution in [3.05, 3.63) is 53.3 Å². The van der Waals surface area contributed by atoms with Crippen molar-refractivity contribution in [3.63, 3.8) is 0 Å². The Morgan fingerprint density at radius 1 is 0.960 bits per heavy atom. The van der Waals surface area contributed by atoms with E-state index in [1.54, 1.807) is 30.3 Å². The van der Waals surface area contributed by atoms with Crippen LogP contribution in [0.2, 0.25) is 0 Å². The lowest BCUT2D eigenvalue weighted by molar-refractivity contribution is -0.120. The van der Waals surface area contributed by atoms with Crippen LogP contribution in [0.3, 0.4) is 0 Å². The van der Waals surface area contributed by atoms with Gasteiger partial charge >= 0.3 is 0 Å². The zero-order valence-corrected chi connectivity index (χ0v) is 14.6. The normalized spacial score (nSPS) is 10.2. The maximum absolute atomic E-state index is 13.6. The predicted molar refractivity (Wildman–Crippen MR) is 92.9 cm³/mol. The summed E-state index contributed by atoms with van der Waals surface area (Å²) in [4.78, 5) is 12.2. The SMILES string of the molecule is COc1ccc(CC(=O)NCCc2ccccc2F)c(OC)c1OC. The van der Waals surface area contributed by atoms with E-state index >= 15 is 0 Å². The van der Waals surface area contributed by atoms with E-state index in [1.807, 2.05) is 0 Å². The molecule has 6 heteroatoms. The van der Waals surface area contributed by atoms with E-state index in [4.69, 9.17) is 14.2 Å². The van der Waals surface area contributed by atoms with Gasteiger partial charge in [-0.05, 0) is 24.1 Å². The highest BCUT2D eigenvalue weighted by atomic mass is 19.1. The molecule has 1 amide bonds. The third-order valence-corrected chi connectivity index (χ3v) is 3.81. The molecule has 0 heterocycles. The minimum atomic E-state index is -0.265. The molecule has 0 aliphatic heterocycles. The molecule has 0 atom stereocenters. The Morgan fingerprint density at radius 2 is 1.68 bits per heavy atom. The molecular formula is C19H22FNO4. The van der Waals surface area contributed by atoms with Crippen molar-refractivity contribution in [2.75, 3.05) is 27.9 Å². The van der Waals surface area contributed by atoms with Gasteiger partial charge in [-0.15, -0.1) is 0 Å². The van der Waals surface area contributed by atoms with Crippen LogP contribution < -0.4 is 19.5 Å². The monoisotopic (exact) mass is 347 g/mol. The number of ether oxygens (including phenoxy) is 3. The van der Waals surface area contributed by atoms with E-state index in [0.717, 1.165) is 0 Å². The van der Waals surface area contributed by atoms with Crippen molar-refractivity contribution in [3.8, 4) is 17.2 Å². The van der Waals surface area contributed by atoms with Gasteiger partial charge in [0.2, 0.25) is 11.7 Å². The molecule has 0 saturated heterocycles. The van der Waals surface area contributed by atoms with E-state index in [9.17, 15) is 9.18 Å². The summed E-state index contributed by atoms with van der Waals surface area (Å²) in [7, 11) is 4.56.